The molecular formula is C18H21N3O4. The van der Waals surface area contributed by atoms with Crippen LogP contribution in [0.15, 0.2) is 28.8 Å². The average Bonchev–Trinajstić information content (AvgIpc) is 3.26. The minimum absolute atomic E-state index is 0.00700. The van der Waals surface area contributed by atoms with Gasteiger partial charge in [-0.05, 0) is 55.6 Å². The molecule has 0 radical (unpaired) electrons. The number of anilines is 1. The summed E-state index contributed by atoms with van der Waals surface area (Å²) in [6.45, 7) is 3.37. The molecule has 1 aliphatic rings. The number of methoxy groups -OCH3 is 1. The van der Waals surface area contributed by atoms with Gasteiger partial charge in [-0.25, -0.2) is 4.98 Å². The Kier molecular flexibility index (Phi) is 5.14. The number of Topliss-reactive ketones (excluding diaryl/α,β-unsaturated/α-hetero) is 1. The largest absolute Gasteiger partial charge is 0.496 e. The zero-order valence-corrected chi connectivity index (χ0v) is 14.3. The van der Waals surface area contributed by atoms with E-state index in [1.165, 1.54) is 13.1 Å². The van der Waals surface area contributed by atoms with Crippen LogP contribution in [0.3, 0.4) is 0 Å². The lowest BCUT2D eigenvalue weighted by Crippen LogP contribution is -2.14. The van der Waals surface area contributed by atoms with E-state index in [0.29, 0.717) is 11.5 Å². The van der Waals surface area contributed by atoms with Gasteiger partial charge in [0.1, 0.15) is 5.75 Å². The molecule has 0 spiro atoms. The first-order chi connectivity index (χ1) is 12.1. The van der Waals surface area contributed by atoms with Crippen molar-refractivity contribution in [3.63, 3.8) is 0 Å². The molecule has 7 heteroatoms. The van der Waals surface area contributed by atoms with Crippen molar-refractivity contribution >= 4 is 17.7 Å². The summed E-state index contributed by atoms with van der Waals surface area (Å²) in [5.74, 6) is 0.838. The highest BCUT2D eigenvalue weighted by Crippen LogP contribution is 2.25. The van der Waals surface area contributed by atoms with Crippen LogP contribution >= 0.6 is 0 Å². The first-order valence-corrected chi connectivity index (χ1v) is 8.22. The van der Waals surface area contributed by atoms with Gasteiger partial charge in [0.2, 0.25) is 0 Å². The van der Waals surface area contributed by atoms with Crippen LogP contribution in [-0.2, 0) is 6.42 Å². The summed E-state index contributed by atoms with van der Waals surface area (Å²) in [6.07, 6.45) is 3.26. The van der Waals surface area contributed by atoms with Crippen LogP contribution in [-0.4, -0.2) is 36.9 Å². The maximum Gasteiger partial charge on any atom is 0.302 e. The predicted molar refractivity (Wildman–Crippen MR) is 92.1 cm³/mol. The first kappa shape index (κ1) is 17.2. The molecule has 3 rings (SSSR count). The van der Waals surface area contributed by atoms with Gasteiger partial charge in [-0.2, -0.15) is 0 Å². The molecule has 2 aromatic rings. The molecule has 1 aliphatic heterocycles. The monoisotopic (exact) mass is 343 g/mol. The Morgan fingerprint density at radius 3 is 2.92 bits per heavy atom. The molecule has 1 atom stereocenters. The Bertz CT molecular complexity index is 778. The molecule has 7 nitrogen and oxygen atoms in total. The average molecular weight is 343 g/mol. The van der Waals surface area contributed by atoms with Gasteiger partial charge in [0.15, 0.2) is 11.5 Å². The quantitative estimate of drug-likeness (QED) is 0.782. The topological polar surface area (TPSA) is 93.5 Å². The third-order valence-electron chi connectivity index (χ3n) is 4.29. The summed E-state index contributed by atoms with van der Waals surface area (Å²) in [5.41, 5.74) is 1.49. The molecule has 0 saturated carbocycles. The summed E-state index contributed by atoms with van der Waals surface area (Å²) in [6, 6.07) is 5.33. The first-order valence-electron chi connectivity index (χ1n) is 8.22. The Morgan fingerprint density at radius 1 is 1.44 bits per heavy atom. The molecule has 1 aromatic carbocycles. The SMILES string of the molecule is COc1ccc(C(=O)Nc2ncc(C(C)=O)o2)cc1CC1CCNC1. The van der Waals surface area contributed by atoms with E-state index in [1.807, 2.05) is 6.07 Å². The second kappa shape index (κ2) is 7.48. The van der Waals surface area contributed by atoms with E-state index in [4.69, 9.17) is 9.15 Å². The third kappa shape index (κ3) is 4.06. The van der Waals surface area contributed by atoms with Crippen LogP contribution < -0.4 is 15.4 Å². The fourth-order valence-electron chi connectivity index (χ4n) is 2.94. The van der Waals surface area contributed by atoms with Crippen molar-refractivity contribution in [3.8, 4) is 5.75 Å². The van der Waals surface area contributed by atoms with Crippen molar-refractivity contribution in [3.05, 3.63) is 41.3 Å². The molecule has 2 N–H and O–H groups in total. The van der Waals surface area contributed by atoms with Crippen molar-refractivity contribution < 1.29 is 18.7 Å². The number of hydrogen-bond donors (Lipinski definition) is 2. The van der Waals surface area contributed by atoms with Crippen molar-refractivity contribution in [1.29, 1.82) is 0 Å². The molecule has 1 saturated heterocycles. The number of rotatable bonds is 6. The smallest absolute Gasteiger partial charge is 0.302 e. The van der Waals surface area contributed by atoms with E-state index in [9.17, 15) is 9.59 Å². The second-order valence-electron chi connectivity index (χ2n) is 6.13. The Balaban J connectivity index is 1.75. The number of hydrogen-bond acceptors (Lipinski definition) is 6. The highest BCUT2D eigenvalue weighted by atomic mass is 16.5. The number of carbonyl (C=O) groups is 2. The fraction of sp³-hybridized carbons (Fsp3) is 0.389. The highest BCUT2D eigenvalue weighted by molar-refractivity contribution is 6.03. The molecule has 0 bridgehead atoms. The molecule has 1 fully saturated rings. The number of nitrogens with one attached hydrogen (secondary N) is 2. The molecule has 132 valence electrons. The van der Waals surface area contributed by atoms with E-state index < -0.39 is 0 Å². The Labute approximate surface area is 145 Å². The van der Waals surface area contributed by atoms with Crippen molar-refractivity contribution in [2.45, 2.75) is 19.8 Å². The summed E-state index contributed by atoms with van der Waals surface area (Å²) in [5, 5.41) is 5.91. The molecule has 25 heavy (non-hydrogen) atoms. The van der Waals surface area contributed by atoms with E-state index >= 15 is 0 Å². The molecule has 1 aromatic heterocycles. The van der Waals surface area contributed by atoms with Crippen LogP contribution in [0.1, 0.15) is 39.8 Å². The predicted octanol–water partition coefficient (Wildman–Crippen LogP) is 2.29. The number of carbonyl (C=O) groups excluding carboxylic acids is 2. The number of benzene rings is 1. The lowest BCUT2D eigenvalue weighted by atomic mass is 9.96. The van der Waals surface area contributed by atoms with E-state index in [1.54, 1.807) is 19.2 Å². The molecule has 1 unspecified atom stereocenters. The number of ketones is 1. The van der Waals surface area contributed by atoms with Gasteiger partial charge >= 0.3 is 6.01 Å². The van der Waals surface area contributed by atoms with Crippen LogP contribution in [0.4, 0.5) is 6.01 Å². The van der Waals surface area contributed by atoms with Crippen LogP contribution in [0.5, 0.6) is 5.75 Å². The summed E-state index contributed by atoms with van der Waals surface area (Å²) < 4.78 is 10.6. The van der Waals surface area contributed by atoms with Gasteiger partial charge in [0.05, 0.1) is 13.3 Å². The van der Waals surface area contributed by atoms with Gasteiger partial charge in [0.25, 0.3) is 5.91 Å². The number of aromatic nitrogens is 1. The molecular weight excluding hydrogens is 322 g/mol. The third-order valence-corrected chi connectivity index (χ3v) is 4.29. The minimum Gasteiger partial charge on any atom is -0.496 e. The molecule has 2 heterocycles. The number of oxazole rings is 1. The van der Waals surface area contributed by atoms with E-state index in [0.717, 1.165) is 37.2 Å². The number of ether oxygens (including phenoxy) is 1. The number of amides is 1. The Morgan fingerprint density at radius 2 is 2.28 bits per heavy atom. The summed E-state index contributed by atoms with van der Waals surface area (Å²) in [4.78, 5) is 27.6. The van der Waals surface area contributed by atoms with Crippen LogP contribution in [0.25, 0.3) is 0 Å². The van der Waals surface area contributed by atoms with Crippen molar-refractivity contribution in [1.82, 2.24) is 10.3 Å². The molecule has 0 aliphatic carbocycles. The summed E-state index contributed by atoms with van der Waals surface area (Å²) >= 11 is 0. The lowest BCUT2D eigenvalue weighted by molar-refractivity contribution is 0.0980. The summed E-state index contributed by atoms with van der Waals surface area (Å²) in [7, 11) is 1.63. The van der Waals surface area contributed by atoms with Crippen molar-refractivity contribution in [2.75, 3.05) is 25.5 Å². The van der Waals surface area contributed by atoms with Gasteiger partial charge < -0.3 is 14.5 Å². The van der Waals surface area contributed by atoms with Gasteiger partial charge in [-0.1, -0.05) is 0 Å². The maximum absolute atomic E-state index is 12.4. The minimum atomic E-state index is -0.342. The van der Waals surface area contributed by atoms with E-state index in [2.05, 4.69) is 15.6 Å². The van der Waals surface area contributed by atoms with Gasteiger partial charge in [-0.3, -0.25) is 14.9 Å². The van der Waals surface area contributed by atoms with Crippen LogP contribution in [0, 0.1) is 5.92 Å². The van der Waals surface area contributed by atoms with Gasteiger partial charge in [-0.15, -0.1) is 0 Å². The highest BCUT2D eigenvalue weighted by Gasteiger charge is 2.19. The normalized spacial score (nSPS) is 16.6. The van der Waals surface area contributed by atoms with Crippen LogP contribution in [0.2, 0.25) is 0 Å². The zero-order valence-electron chi connectivity index (χ0n) is 14.3. The molecule has 1 amide bonds. The fourth-order valence-corrected chi connectivity index (χ4v) is 2.94. The standard InChI is InChI=1S/C18H21N3O4/c1-11(22)16-10-20-18(25-16)21-17(23)13-3-4-15(24-2)14(8-13)7-12-5-6-19-9-12/h3-4,8,10,12,19H,5-7,9H2,1-2H3,(H,20,21,23). The Hall–Kier alpha value is -2.67. The number of nitrogens with zero attached hydrogens (tertiary/aromatic N) is 1. The van der Waals surface area contributed by atoms with Crippen molar-refractivity contribution in [2.24, 2.45) is 5.92 Å². The zero-order chi connectivity index (χ0) is 17.8. The lowest BCUT2D eigenvalue weighted by Gasteiger charge is -2.13. The van der Waals surface area contributed by atoms with Gasteiger partial charge in [0, 0.05) is 12.5 Å². The maximum atomic E-state index is 12.4. The van der Waals surface area contributed by atoms with E-state index in [-0.39, 0.29) is 23.5 Å². The second-order valence-corrected chi connectivity index (χ2v) is 6.13.